The number of furan rings is 1. The minimum Gasteiger partial charge on any atom is -0.465 e. The lowest BCUT2D eigenvalue weighted by molar-refractivity contribution is -0.123. The van der Waals surface area contributed by atoms with Gasteiger partial charge in [-0.05, 0) is 25.1 Å². The molecule has 27 heavy (non-hydrogen) atoms. The summed E-state index contributed by atoms with van der Waals surface area (Å²) in [4.78, 5) is 28.8. The second-order valence-electron chi connectivity index (χ2n) is 6.26. The third kappa shape index (κ3) is 5.90. The highest BCUT2D eigenvalue weighted by Crippen LogP contribution is 2.32. The Labute approximate surface area is 168 Å². The fourth-order valence-electron chi connectivity index (χ4n) is 2.85. The number of ether oxygens (including phenoxy) is 1. The molecule has 2 amide bonds. The highest BCUT2D eigenvalue weighted by Gasteiger charge is 2.32. The number of rotatable bonds is 8. The number of hydrogen-bond acceptors (Lipinski definition) is 7. The van der Waals surface area contributed by atoms with Gasteiger partial charge >= 0.3 is 0 Å². The minimum absolute atomic E-state index is 0.0685. The summed E-state index contributed by atoms with van der Waals surface area (Å²) in [6.07, 6.45) is 4.36. The maximum Gasteiger partial charge on any atom is 0.266 e. The molecule has 0 bridgehead atoms. The molecular formula is C18H23N3O4S2. The van der Waals surface area contributed by atoms with Crippen LogP contribution in [0.3, 0.4) is 0 Å². The number of amides is 2. The molecule has 1 aromatic rings. The van der Waals surface area contributed by atoms with Gasteiger partial charge in [0.2, 0.25) is 5.91 Å². The Balaban J connectivity index is 1.37. The molecule has 1 aromatic heterocycles. The topological polar surface area (TPSA) is 75.0 Å². The summed E-state index contributed by atoms with van der Waals surface area (Å²) in [5.74, 6) is 0.357. The number of thioether (sulfide) groups is 1. The third-order valence-corrected chi connectivity index (χ3v) is 5.71. The summed E-state index contributed by atoms with van der Waals surface area (Å²) in [5, 5.41) is 2.91. The van der Waals surface area contributed by atoms with Crippen molar-refractivity contribution in [3.63, 3.8) is 0 Å². The zero-order chi connectivity index (χ0) is 19.1. The van der Waals surface area contributed by atoms with Crippen molar-refractivity contribution < 1.29 is 18.7 Å². The van der Waals surface area contributed by atoms with E-state index in [2.05, 4.69) is 10.2 Å². The monoisotopic (exact) mass is 409 g/mol. The first kappa shape index (κ1) is 20.1. The molecule has 146 valence electrons. The Morgan fingerprint density at radius 2 is 2.15 bits per heavy atom. The van der Waals surface area contributed by atoms with E-state index in [4.69, 9.17) is 21.4 Å². The van der Waals surface area contributed by atoms with Crippen LogP contribution in [-0.2, 0) is 14.3 Å². The molecule has 0 atom stereocenters. The normalized spacial score (nSPS) is 19.9. The minimum atomic E-state index is -0.179. The Morgan fingerprint density at radius 3 is 2.89 bits per heavy atom. The predicted octanol–water partition coefficient (Wildman–Crippen LogP) is 1.71. The molecule has 7 nitrogen and oxygen atoms in total. The lowest BCUT2D eigenvalue weighted by Gasteiger charge is -2.26. The summed E-state index contributed by atoms with van der Waals surface area (Å²) in [6.45, 7) is 5.34. The molecule has 0 aromatic carbocycles. The van der Waals surface area contributed by atoms with E-state index in [0.29, 0.717) is 21.5 Å². The van der Waals surface area contributed by atoms with Gasteiger partial charge in [0.15, 0.2) is 0 Å². The largest absolute Gasteiger partial charge is 0.465 e. The van der Waals surface area contributed by atoms with Crippen molar-refractivity contribution in [3.8, 4) is 0 Å². The van der Waals surface area contributed by atoms with E-state index in [0.717, 1.165) is 39.3 Å². The van der Waals surface area contributed by atoms with Crippen molar-refractivity contribution >= 4 is 46.2 Å². The number of nitrogens with one attached hydrogen (secondary N) is 1. The van der Waals surface area contributed by atoms with Gasteiger partial charge in [-0.1, -0.05) is 24.0 Å². The Morgan fingerprint density at radius 1 is 1.33 bits per heavy atom. The molecule has 0 unspecified atom stereocenters. The van der Waals surface area contributed by atoms with E-state index in [1.54, 1.807) is 24.5 Å². The molecule has 0 saturated carbocycles. The zero-order valence-corrected chi connectivity index (χ0v) is 16.7. The number of morpholine rings is 1. The summed E-state index contributed by atoms with van der Waals surface area (Å²) in [7, 11) is 0. The third-order valence-electron chi connectivity index (χ3n) is 4.33. The maximum absolute atomic E-state index is 12.5. The average molecular weight is 410 g/mol. The first-order valence-electron chi connectivity index (χ1n) is 8.99. The van der Waals surface area contributed by atoms with E-state index in [1.807, 2.05) is 0 Å². The van der Waals surface area contributed by atoms with Crippen LogP contribution in [0.5, 0.6) is 0 Å². The average Bonchev–Trinajstić information content (AvgIpc) is 3.27. The van der Waals surface area contributed by atoms with Crippen LogP contribution in [0.25, 0.3) is 6.08 Å². The standard InChI is InChI=1S/C18H23N3O4S2/c22-16(19-5-2-6-20-8-11-24-12-9-20)4-7-21-17(23)15(27-18(21)26)13-14-3-1-10-25-14/h1,3,10,13H,2,4-9,11-12H2,(H,19,22)/b15-13+. The molecule has 0 radical (unpaired) electrons. The van der Waals surface area contributed by atoms with Gasteiger partial charge < -0.3 is 14.5 Å². The quantitative estimate of drug-likeness (QED) is 0.398. The smallest absolute Gasteiger partial charge is 0.266 e. The van der Waals surface area contributed by atoms with E-state index in [1.165, 1.54) is 16.7 Å². The van der Waals surface area contributed by atoms with Crippen molar-refractivity contribution in [2.45, 2.75) is 12.8 Å². The van der Waals surface area contributed by atoms with Gasteiger partial charge in [-0.3, -0.25) is 19.4 Å². The van der Waals surface area contributed by atoms with Crippen molar-refractivity contribution in [3.05, 3.63) is 29.1 Å². The van der Waals surface area contributed by atoms with Crippen molar-refractivity contribution in [1.29, 1.82) is 0 Å². The van der Waals surface area contributed by atoms with Gasteiger partial charge in [-0.2, -0.15) is 0 Å². The Kier molecular flexibility index (Phi) is 7.45. The molecule has 3 heterocycles. The lowest BCUT2D eigenvalue weighted by Crippen LogP contribution is -2.38. The molecule has 0 spiro atoms. The SMILES string of the molecule is O=C(CCN1C(=O)/C(=C\c2ccco2)SC1=S)NCCCN1CCOCC1. The lowest BCUT2D eigenvalue weighted by atomic mass is 10.3. The molecular weight excluding hydrogens is 386 g/mol. The number of hydrogen-bond donors (Lipinski definition) is 1. The van der Waals surface area contributed by atoms with E-state index < -0.39 is 0 Å². The second-order valence-corrected chi connectivity index (χ2v) is 7.93. The van der Waals surface area contributed by atoms with Crippen LogP contribution in [-0.4, -0.2) is 71.9 Å². The van der Waals surface area contributed by atoms with Crippen LogP contribution in [0.4, 0.5) is 0 Å². The molecule has 3 rings (SSSR count). The first-order chi connectivity index (χ1) is 13.1. The molecule has 2 aliphatic heterocycles. The first-order valence-corrected chi connectivity index (χ1v) is 10.2. The van der Waals surface area contributed by atoms with E-state index >= 15 is 0 Å². The number of carbonyl (C=O) groups is 2. The summed E-state index contributed by atoms with van der Waals surface area (Å²) in [6, 6.07) is 3.53. The van der Waals surface area contributed by atoms with Crippen LogP contribution < -0.4 is 5.32 Å². The van der Waals surface area contributed by atoms with E-state index in [9.17, 15) is 9.59 Å². The van der Waals surface area contributed by atoms with Crippen molar-refractivity contribution in [2.75, 3.05) is 45.9 Å². The fourth-order valence-corrected chi connectivity index (χ4v) is 4.14. The van der Waals surface area contributed by atoms with E-state index in [-0.39, 0.29) is 24.8 Å². The molecule has 0 aliphatic carbocycles. The number of thiocarbonyl (C=S) groups is 1. The van der Waals surface area contributed by atoms with Crippen LogP contribution in [0.15, 0.2) is 27.7 Å². The molecule has 9 heteroatoms. The fraction of sp³-hybridized carbons (Fsp3) is 0.500. The highest BCUT2D eigenvalue weighted by molar-refractivity contribution is 8.26. The number of carbonyl (C=O) groups excluding carboxylic acids is 2. The second kappa shape index (κ2) is 10.0. The van der Waals surface area contributed by atoms with Crippen LogP contribution >= 0.6 is 24.0 Å². The highest BCUT2D eigenvalue weighted by atomic mass is 32.2. The summed E-state index contributed by atoms with van der Waals surface area (Å²) < 4.78 is 11.0. The summed E-state index contributed by atoms with van der Waals surface area (Å²) >= 11 is 6.50. The molecule has 2 fully saturated rings. The molecule has 2 aliphatic rings. The predicted molar refractivity (Wildman–Crippen MR) is 108 cm³/mol. The van der Waals surface area contributed by atoms with Gasteiger partial charge in [0.05, 0.1) is 24.4 Å². The van der Waals surface area contributed by atoms with Crippen LogP contribution in [0, 0.1) is 0 Å². The van der Waals surface area contributed by atoms with Crippen molar-refractivity contribution in [2.24, 2.45) is 0 Å². The summed E-state index contributed by atoms with van der Waals surface area (Å²) in [5.41, 5.74) is 0. The van der Waals surface area contributed by atoms with Crippen molar-refractivity contribution in [1.82, 2.24) is 15.1 Å². The maximum atomic E-state index is 12.5. The van der Waals surface area contributed by atoms with Crippen LogP contribution in [0.2, 0.25) is 0 Å². The van der Waals surface area contributed by atoms with Gasteiger partial charge in [0, 0.05) is 38.7 Å². The van der Waals surface area contributed by atoms with Gasteiger partial charge in [0.25, 0.3) is 5.91 Å². The Hall–Kier alpha value is -1.68. The van der Waals surface area contributed by atoms with Gasteiger partial charge in [0.1, 0.15) is 10.1 Å². The van der Waals surface area contributed by atoms with Gasteiger partial charge in [-0.15, -0.1) is 0 Å². The number of nitrogens with zero attached hydrogens (tertiary/aromatic N) is 2. The van der Waals surface area contributed by atoms with Gasteiger partial charge in [-0.25, -0.2) is 0 Å². The molecule has 1 N–H and O–H groups in total. The zero-order valence-electron chi connectivity index (χ0n) is 15.0. The van der Waals surface area contributed by atoms with Crippen LogP contribution in [0.1, 0.15) is 18.6 Å². The Bertz CT molecular complexity index is 699. The molecule has 2 saturated heterocycles.